The molecule has 6 nitrogen and oxygen atoms in total. The average Bonchev–Trinajstić information content (AvgIpc) is 2.82. The van der Waals surface area contributed by atoms with Gasteiger partial charge in [0.05, 0.1) is 6.54 Å². The van der Waals surface area contributed by atoms with E-state index in [4.69, 9.17) is 9.47 Å². The fourth-order valence-corrected chi connectivity index (χ4v) is 4.46. The van der Waals surface area contributed by atoms with Gasteiger partial charge < -0.3 is 19.3 Å². The summed E-state index contributed by atoms with van der Waals surface area (Å²) >= 11 is 1.65. The first-order valence-corrected chi connectivity index (χ1v) is 14.6. The van der Waals surface area contributed by atoms with Crippen molar-refractivity contribution in [1.82, 2.24) is 9.80 Å². The number of allylic oxidation sites excluding steroid dienone is 7. The first-order chi connectivity index (χ1) is 18.0. The van der Waals surface area contributed by atoms with E-state index in [2.05, 4.69) is 40.4 Å². The summed E-state index contributed by atoms with van der Waals surface area (Å²) in [7, 11) is 6.11. The Labute approximate surface area is 235 Å². The highest BCUT2D eigenvalue weighted by Gasteiger charge is 2.16. The van der Waals surface area contributed by atoms with Crippen molar-refractivity contribution in [1.29, 1.82) is 0 Å². The highest BCUT2D eigenvalue weighted by atomic mass is 32.2. The van der Waals surface area contributed by atoms with E-state index >= 15 is 0 Å². The molecular formula is C31H48N2O4S. The minimum Gasteiger partial charge on any atom is -0.462 e. The number of esters is 2. The molecule has 1 rings (SSSR count). The van der Waals surface area contributed by atoms with E-state index in [0.717, 1.165) is 42.7 Å². The normalized spacial score (nSPS) is 25.6. The first kappa shape index (κ1) is 33.5. The number of thioether (sulfide) groups is 1. The Morgan fingerprint density at radius 1 is 1.13 bits per heavy atom. The molecule has 0 radical (unpaired) electrons. The van der Waals surface area contributed by atoms with Crippen LogP contribution < -0.4 is 0 Å². The van der Waals surface area contributed by atoms with E-state index in [-0.39, 0.29) is 12.1 Å². The van der Waals surface area contributed by atoms with Crippen LogP contribution in [-0.2, 0) is 19.1 Å². The molecule has 7 heteroatoms. The summed E-state index contributed by atoms with van der Waals surface area (Å²) in [5, 5.41) is 2.13. The monoisotopic (exact) mass is 544 g/mol. The Bertz CT molecular complexity index is 944. The van der Waals surface area contributed by atoms with Crippen molar-refractivity contribution in [2.75, 3.05) is 40.5 Å². The van der Waals surface area contributed by atoms with E-state index in [1.165, 1.54) is 11.6 Å². The Balaban J connectivity index is 3.18. The molecule has 0 spiro atoms. The largest absolute Gasteiger partial charge is 0.462 e. The van der Waals surface area contributed by atoms with Gasteiger partial charge in [0.2, 0.25) is 0 Å². The molecule has 1 aliphatic rings. The zero-order valence-electron chi connectivity index (χ0n) is 24.7. The number of rotatable bonds is 6. The van der Waals surface area contributed by atoms with Crippen molar-refractivity contribution < 1.29 is 19.1 Å². The molecule has 0 aromatic rings. The van der Waals surface area contributed by atoms with Crippen molar-refractivity contribution in [2.45, 2.75) is 72.0 Å². The lowest BCUT2D eigenvalue weighted by Crippen LogP contribution is -2.31. The molecule has 0 unspecified atom stereocenters. The van der Waals surface area contributed by atoms with E-state index in [9.17, 15) is 9.59 Å². The van der Waals surface area contributed by atoms with Crippen molar-refractivity contribution in [3.8, 4) is 0 Å². The Kier molecular flexibility index (Phi) is 16.5. The lowest BCUT2D eigenvalue weighted by Gasteiger charge is -2.26. The maximum atomic E-state index is 12.7. The maximum Gasteiger partial charge on any atom is 0.331 e. The van der Waals surface area contributed by atoms with Crippen LogP contribution >= 0.6 is 11.8 Å². The van der Waals surface area contributed by atoms with Crippen molar-refractivity contribution in [3.05, 3.63) is 70.4 Å². The van der Waals surface area contributed by atoms with Crippen molar-refractivity contribution >= 4 is 23.7 Å². The van der Waals surface area contributed by atoms with Crippen LogP contribution in [0.5, 0.6) is 0 Å². The third-order valence-electron chi connectivity index (χ3n) is 5.92. The fraction of sp³-hybridized carbons (Fsp3) is 0.548. The van der Waals surface area contributed by atoms with Crippen LogP contribution in [0.1, 0.15) is 59.8 Å². The summed E-state index contributed by atoms with van der Waals surface area (Å²) in [6.07, 6.45) is 18.3. The zero-order chi connectivity index (χ0) is 28.5. The van der Waals surface area contributed by atoms with Crippen molar-refractivity contribution in [3.63, 3.8) is 0 Å². The fourth-order valence-electron chi connectivity index (χ4n) is 3.89. The summed E-state index contributed by atoms with van der Waals surface area (Å²) in [5.74, 6) is -0.548. The molecule has 0 amide bonds. The van der Waals surface area contributed by atoms with Gasteiger partial charge in [0, 0.05) is 38.2 Å². The molecule has 0 fully saturated rings. The van der Waals surface area contributed by atoms with Gasteiger partial charge in [-0.1, -0.05) is 47.1 Å². The molecule has 2 atom stereocenters. The predicted octanol–water partition coefficient (Wildman–Crippen LogP) is 6.44. The van der Waals surface area contributed by atoms with Gasteiger partial charge in [-0.15, -0.1) is 11.8 Å². The van der Waals surface area contributed by atoms with Crippen molar-refractivity contribution in [2.24, 2.45) is 0 Å². The van der Waals surface area contributed by atoms with Crippen LogP contribution in [0.15, 0.2) is 70.4 Å². The van der Waals surface area contributed by atoms with Gasteiger partial charge in [0.1, 0.15) is 12.2 Å². The second-order valence-electron chi connectivity index (χ2n) is 10.2. The average molecular weight is 545 g/mol. The summed E-state index contributed by atoms with van der Waals surface area (Å²) in [4.78, 5) is 29.2. The van der Waals surface area contributed by atoms with Gasteiger partial charge in [-0.2, -0.15) is 0 Å². The second-order valence-corrected chi connectivity index (χ2v) is 10.9. The number of hydrogen-bond donors (Lipinski definition) is 0. The molecule has 0 bridgehead atoms. The van der Waals surface area contributed by atoms with E-state index < -0.39 is 12.1 Å². The predicted molar refractivity (Wildman–Crippen MR) is 161 cm³/mol. The van der Waals surface area contributed by atoms with Gasteiger partial charge in [-0.05, 0) is 78.8 Å². The minimum absolute atomic E-state index is 0.158. The molecule has 0 aliphatic carbocycles. The second kappa shape index (κ2) is 18.7. The smallest absolute Gasteiger partial charge is 0.331 e. The lowest BCUT2D eigenvalue weighted by molar-refractivity contribution is -0.148. The Morgan fingerprint density at radius 3 is 2.50 bits per heavy atom. The molecule has 0 aromatic heterocycles. The molecule has 1 aliphatic heterocycles. The van der Waals surface area contributed by atoms with Crippen LogP contribution in [0.25, 0.3) is 0 Å². The van der Waals surface area contributed by atoms with Gasteiger partial charge in [-0.25, -0.2) is 4.79 Å². The van der Waals surface area contributed by atoms with Crippen LogP contribution in [0.3, 0.4) is 0 Å². The van der Waals surface area contributed by atoms with Crippen LogP contribution in [0, 0.1) is 0 Å². The topological polar surface area (TPSA) is 59.1 Å². The van der Waals surface area contributed by atoms with Gasteiger partial charge in [0.25, 0.3) is 0 Å². The molecule has 0 N–H and O–H groups in total. The van der Waals surface area contributed by atoms with E-state index in [0.29, 0.717) is 19.4 Å². The van der Waals surface area contributed by atoms with Crippen LogP contribution in [-0.4, -0.2) is 74.4 Å². The third-order valence-corrected chi connectivity index (χ3v) is 6.43. The number of nitrogens with zero attached hydrogens (tertiary/aromatic N) is 2. The molecular weight excluding hydrogens is 496 g/mol. The van der Waals surface area contributed by atoms with Crippen LogP contribution in [0.2, 0.25) is 0 Å². The summed E-state index contributed by atoms with van der Waals surface area (Å²) in [6.45, 7) is 9.37. The van der Waals surface area contributed by atoms with Gasteiger partial charge in [0.15, 0.2) is 0 Å². The molecule has 0 saturated carbocycles. The SMILES string of the molecule is CS/C=C1/CCCCC(=O)O[C@@H](C)C/C(C)=C/C=C\C(=O)O[C@H](/C=C(C)/C=C/C(C)=C/CN(C)C)CN1C. The number of carbonyl (C=O) groups is 2. The molecule has 1 heterocycles. The van der Waals surface area contributed by atoms with Gasteiger partial charge >= 0.3 is 11.9 Å². The highest BCUT2D eigenvalue weighted by molar-refractivity contribution is 8.01. The first-order valence-electron chi connectivity index (χ1n) is 13.3. The van der Waals surface area contributed by atoms with Gasteiger partial charge in [-0.3, -0.25) is 4.79 Å². The number of ether oxygens (including phenoxy) is 2. The number of carbonyl (C=O) groups excluding carboxylic acids is 2. The third kappa shape index (κ3) is 15.7. The number of cyclic esters (lactones) is 2. The Morgan fingerprint density at radius 2 is 1.82 bits per heavy atom. The van der Waals surface area contributed by atoms with E-state index in [1.54, 1.807) is 17.8 Å². The standard InChI is InChI=1S/C31H48N2O4S/c1-24(18-19-32(5)6)16-17-26(3)21-29-22-33(7)28(23-38-8)13-9-10-14-30(34)36-27(4)20-25(2)12-11-15-31(35)37-29/h11-12,15-18,21,23,27,29H,9-10,13-14,19-20,22H2,1-8H3/b15-11-,17-16+,24-18+,25-12+,26-21+,28-23-/t27-,29+/m0/s1. The summed E-state index contributed by atoms with van der Waals surface area (Å²) in [5.41, 5.74) is 4.38. The summed E-state index contributed by atoms with van der Waals surface area (Å²) in [6, 6.07) is 0. The summed E-state index contributed by atoms with van der Waals surface area (Å²) < 4.78 is 11.4. The van der Waals surface area contributed by atoms with E-state index in [1.807, 2.05) is 60.3 Å². The van der Waals surface area contributed by atoms with Crippen LogP contribution in [0.4, 0.5) is 0 Å². The quantitative estimate of drug-likeness (QED) is 0.282. The zero-order valence-corrected chi connectivity index (χ0v) is 25.5. The molecule has 212 valence electrons. The maximum absolute atomic E-state index is 12.7. The minimum atomic E-state index is -0.419. The molecule has 0 aromatic carbocycles. The molecule has 38 heavy (non-hydrogen) atoms. The number of hydrogen-bond acceptors (Lipinski definition) is 7. The Hall–Kier alpha value is -2.51. The number of likely N-dealkylation sites (N-methyl/N-ethyl adjacent to an activating group) is 2. The molecule has 0 saturated heterocycles. The lowest BCUT2D eigenvalue weighted by atomic mass is 10.1. The highest BCUT2D eigenvalue weighted by Crippen LogP contribution is 2.19.